The molecule has 0 bridgehead atoms. The molecule has 0 saturated heterocycles. The number of pyridine rings is 4. The quantitative estimate of drug-likeness (QED) is 0.0323. The monoisotopic (exact) mass is 1810 g/mol. The van der Waals surface area contributed by atoms with E-state index in [0.717, 1.165) is 162 Å². The highest BCUT2D eigenvalue weighted by Gasteiger charge is 2.20. The molecule has 666 valence electrons. The first kappa shape index (κ1) is 96.7. The summed E-state index contributed by atoms with van der Waals surface area (Å²) in [6, 6.07) is 76.5. The van der Waals surface area contributed by atoms with Gasteiger partial charge in [0.1, 0.15) is 22.8 Å². The lowest BCUT2D eigenvalue weighted by molar-refractivity contribution is 0.261. The fourth-order valence-corrected chi connectivity index (χ4v) is 13.1. The maximum atomic E-state index is 12.5. The summed E-state index contributed by atoms with van der Waals surface area (Å²) in [5.74, 6) is 0. The van der Waals surface area contributed by atoms with E-state index in [1.54, 1.807) is 49.6 Å². The van der Waals surface area contributed by atoms with Gasteiger partial charge in [0.05, 0.1) is 0 Å². The third-order valence-electron chi connectivity index (χ3n) is 19.4. The molecule has 31 nitrogen and oxygen atoms in total. The van der Waals surface area contributed by atoms with Crippen LogP contribution in [0.2, 0.25) is 0 Å². The van der Waals surface area contributed by atoms with E-state index in [0.29, 0.717) is 22.7 Å². The molecule has 16 aromatic rings. The summed E-state index contributed by atoms with van der Waals surface area (Å²) in [6.45, 7) is 19.4. The highest BCUT2D eigenvalue weighted by atomic mass is 32.2. The molecule has 0 aliphatic carbocycles. The number of hydrogen-bond donors (Lipinski definition) is 9. The summed E-state index contributed by atoms with van der Waals surface area (Å²) in [7, 11) is -2.61. The van der Waals surface area contributed by atoms with Gasteiger partial charge in [0.15, 0.2) is 0 Å². The van der Waals surface area contributed by atoms with Gasteiger partial charge in [-0.25, -0.2) is 19.2 Å². The second-order valence-corrected chi connectivity index (χ2v) is 29.3. The maximum absolute atomic E-state index is 12.5. The average molecular weight is 1810 g/mol. The van der Waals surface area contributed by atoms with Crippen molar-refractivity contribution in [1.29, 1.82) is 4.78 Å². The number of carbonyl (C=O) groups excluding carboxylic acids is 4. The molecule has 8 aromatic carbocycles. The Balaban J connectivity index is 0.000000175. The predicted molar refractivity (Wildman–Crippen MR) is 516 cm³/mol. The normalized spacial score (nSPS) is 10.2. The Labute approximate surface area is 766 Å². The Bertz CT molecular complexity index is 6460. The predicted octanol–water partition coefficient (Wildman–Crippen LogP) is 20.9. The second-order valence-electron chi connectivity index (χ2n) is 28.6. The number of carbonyl (C=O) groups is 4. The number of benzene rings is 8. The molecule has 0 atom stereocenters. The van der Waals surface area contributed by atoms with Gasteiger partial charge in [0.2, 0.25) is 0 Å². The average Bonchev–Trinajstić information content (AvgIpc) is 1.68. The van der Waals surface area contributed by atoms with E-state index >= 15 is 0 Å². The standard InChI is InChI=1S/C25H25N5O.3C24H23N5O.HNO2S.2O2S/c1-3-18-8-10-21(11-9-18)27-25(31)28-22-7-5-6-20(16-22)23-17-30(4-2)29-24(23)19-12-14-26-15-13-19;1-3-29-16-22(23(28-29)18-10-12-25-13-11-18)19-7-5-9-21(15-19)27-24(30)26-20-8-4-6-17(2)14-20;2*1-3-29-16-22(23(28-29)18-11-13-25-14-12-18)19-5-4-6-21(15-19)27-24(30)26-20-9-7-17(2)8-10-20;1-4(2)3;2*1-3-2/h5-17H,3-4H2,1-2H3,(H2,27,28,31);3*4-16H,3H2,1-2H3,(H2,26,27,30);1H;;. The van der Waals surface area contributed by atoms with Crippen molar-refractivity contribution < 1.29 is 44.4 Å². The number of nitrogens with one attached hydrogen (secondary N) is 9. The van der Waals surface area contributed by atoms with Crippen LogP contribution < -0.4 is 42.5 Å². The molecule has 0 aliphatic heterocycles. The zero-order valence-electron chi connectivity index (χ0n) is 72.7. The minimum Gasteiger partial charge on any atom is -0.308 e. The van der Waals surface area contributed by atoms with E-state index in [-0.39, 0.29) is 24.1 Å². The van der Waals surface area contributed by atoms with Crippen molar-refractivity contribution in [2.45, 2.75) is 88.0 Å². The molecule has 0 spiro atoms. The zero-order valence-corrected chi connectivity index (χ0v) is 75.2. The first-order valence-electron chi connectivity index (χ1n) is 41.2. The molecule has 0 unspecified atom stereocenters. The molecule has 0 aliphatic rings. The number of urea groups is 4. The summed E-state index contributed by atoms with van der Waals surface area (Å²) >= 11 is -1.50. The van der Waals surface area contributed by atoms with Gasteiger partial charge < -0.3 is 42.5 Å². The van der Waals surface area contributed by atoms with E-state index in [4.69, 9.17) is 50.4 Å². The van der Waals surface area contributed by atoms with Crippen LogP contribution in [-0.4, -0.2) is 108 Å². The van der Waals surface area contributed by atoms with Gasteiger partial charge in [-0.3, -0.25) is 38.7 Å². The molecule has 9 N–H and O–H groups in total. The summed E-state index contributed by atoms with van der Waals surface area (Å²) in [5.41, 5.74) is 26.0. The van der Waals surface area contributed by atoms with Gasteiger partial charge in [-0.2, -0.15) is 50.4 Å². The zero-order chi connectivity index (χ0) is 93.4. The lowest BCUT2D eigenvalue weighted by Crippen LogP contribution is -2.19. The highest BCUT2D eigenvalue weighted by molar-refractivity contribution is 7.60. The van der Waals surface area contributed by atoms with Gasteiger partial charge in [0.25, 0.3) is 0 Å². The molecule has 131 heavy (non-hydrogen) atoms. The molecule has 0 fully saturated rings. The summed E-state index contributed by atoms with van der Waals surface area (Å²) < 4.78 is 63.7. The molecule has 0 radical (unpaired) electrons. The summed E-state index contributed by atoms with van der Waals surface area (Å²) in [5, 5.41) is 42.0. The molecule has 34 heteroatoms. The Kier molecular flexibility index (Phi) is 36.9. The molecule has 8 heterocycles. The van der Waals surface area contributed by atoms with Crippen LogP contribution in [0.4, 0.5) is 64.7 Å². The molecule has 8 amide bonds. The Morgan fingerprint density at radius 2 is 0.504 bits per heavy atom. The Morgan fingerprint density at radius 3 is 0.725 bits per heavy atom. The van der Waals surface area contributed by atoms with Gasteiger partial charge in [-0.15, -0.1) is 0 Å². The van der Waals surface area contributed by atoms with Crippen molar-refractivity contribution in [1.82, 2.24) is 59.1 Å². The first-order chi connectivity index (χ1) is 63.6. The van der Waals surface area contributed by atoms with Crippen LogP contribution in [0.1, 0.15) is 56.9 Å². The number of nitrogens with zero attached hydrogens (tertiary/aromatic N) is 12. The third kappa shape index (κ3) is 29.8. The van der Waals surface area contributed by atoms with Crippen LogP contribution in [0.25, 0.3) is 89.5 Å². The van der Waals surface area contributed by atoms with Gasteiger partial charge >= 0.3 is 57.8 Å². The van der Waals surface area contributed by atoms with Crippen molar-refractivity contribution in [3.63, 3.8) is 0 Å². The van der Waals surface area contributed by atoms with Crippen LogP contribution in [-0.2, 0) is 66.2 Å². The molecule has 16 rings (SSSR count). The SMILES string of the molecule is CCc1ccc(NC(=O)Nc2cccc(-c3cn(CC)nc3-c3ccncc3)c2)cc1.CCn1cc(-c2cccc(NC(=O)Nc3ccc(C)cc3)c2)c(-c2ccncc2)n1.CCn1cc(-c2cccc(NC(=O)Nc3ccc(C)cc3)c2)c(-c2ccncc2)n1.CCn1cc(-c2cccc(NC(=O)Nc3cccc(C)c3)c2)c(-c2ccncc2)n1.N=S(=O)=O.O=S=O.O=S=O. The fraction of sp³-hybridized carbons (Fsp3) is 0.134. The van der Waals surface area contributed by atoms with E-state index in [2.05, 4.69) is 97.1 Å². The first-order valence-corrected chi connectivity index (χ1v) is 43.6. The topological polar surface area (TPSA) is 414 Å². The second kappa shape index (κ2) is 50.0. The molecule has 8 aromatic heterocycles. The number of anilines is 8. The summed E-state index contributed by atoms with van der Waals surface area (Å²) in [6.07, 6.45) is 23.2. The largest absolute Gasteiger partial charge is 0.335 e. The van der Waals surface area contributed by atoms with Crippen LogP contribution in [0, 0.1) is 25.6 Å². The van der Waals surface area contributed by atoms with Crippen molar-refractivity contribution in [3.8, 4) is 89.5 Å². The van der Waals surface area contributed by atoms with E-state index in [9.17, 15) is 19.2 Å². The minimum atomic E-state index is -2.61. The highest BCUT2D eigenvalue weighted by Crippen LogP contribution is 2.37. The van der Waals surface area contributed by atoms with Crippen LogP contribution in [0.3, 0.4) is 0 Å². The van der Waals surface area contributed by atoms with Gasteiger partial charge in [-0.1, -0.05) is 115 Å². The van der Waals surface area contributed by atoms with Crippen LogP contribution in [0.5, 0.6) is 0 Å². The number of hydrogen-bond acceptors (Lipinski definition) is 19. The lowest BCUT2D eigenvalue weighted by Gasteiger charge is -2.10. The van der Waals surface area contributed by atoms with E-state index in [1.807, 2.05) is 307 Å². The third-order valence-corrected chi connectivity index (χ3v) is 19.4. The smallest absolute Gasteiger partial charge is 0.308 e. The van der Waals surface area contributed by atoms with Crippen molar-refractivity contribution in [3.05, 3.63) is 339 Å². The lowest BCUT2D eigenvalue weighted by atomic mass is 10.0. The van der Waals surface area contributed by atoms with Crippen molar-refractivity contribution in [2.24, 2.45) is 0 Å². The molecular weight excluding hydrogens is 1720 g/mol. The number of rotatable bonds is 21. The van der Waals surface area contributed by atoms with Crippen molar-refractivity contribution in [2.75, 3.05) is 42.5 Å². The number of amides is 8. The van der Waals surface area contributed by atoms with Gasteiger partial charge in [-0.05, 0) is 234 Å². The van der Waals surface area contributed by atoms with Crippen molar-refractivity contribution >= 4 is 103 Å². The van der Waals surface area contributed by atoms with Crippen LogP contribution >= 0.6 is 0 Å². The Morgan fingerprint density at radius 1 is 0.290 bits per heavy atom. The van der Waals surface area contributed by atoms with E-state index < -0.39 is 33.6 Å². The van der Waals surface area contributed by atoms with E-state index in [1.165, 1.54) is 5.56 Å². The number of aromatic nitrogens is 12. The molecule has 0 saturated carbocycles. The summed E-state index contributed by atoms with van der Waals surface area (Å²) in [4.78, 5) is 66.1. The number of aryl methyl sites for hydroxylation is 8. The molecular formula is C97H95N21O10S3. The minimum absolute atomic E-state index is 0.278. The fourth-order valence-electron chi connectivity index (χ4n) is 13.1. The van der Waals surface area contributed by atoms with Gasteiger partial charge in [0, 0.05) is 191 Å². The Hall–Kier alpha value is -16.5. The van der Waals surface area contributed by atoms with Crippen LogP contribution in [0.15, 0.2) is 317 Å². The maximum Gasteiger partial charge on any atom is 0.335 e.